The summed E-state index contributed by atoms with van der Waals surface area (Å²) in [6.45, 7) is 15.1. The molecule has 8 aliphatic rings. The minimum atomic E-state index is -1.31. The number of rotatable bonds is 18. The van der Waals surface area contributed by atoms with Crippen molar-refractivity contribution in [1.29, 1.82) is 5.26 Å². The van der Waals surface area contributed by atoms with Crippen LogP contribution in [0.2, 0.25) is 25.7 Å². The van der Waals surface area contributed by atoms with Gasteiger partial charge in [-0.25, -0.2) is 59.0 Å². The van der Waals surface area contributed by atoms with Gasteiger partial charge in [-0.15, -0.1) is 12.3 Å². The monoisotopic (exact) mass is 1560 g/mol. The molecule has 8 aromatic heterocycles. The van der Waals surface area contributed by atoms with Gasteiger partial charge in [-0.1, -0.05) is 87.2 Å². The molecule has 8 bridgehead atoms. The van der Waals surface area contributed by atoms with Crippen LogP contribution in [-0.4, -0.2) is 172 Å². The third-order valence-electron chi connectivity index (χ3n) is 21.3. The molecule has 8 amide bonds. The van der Waals surface area contributed by atoms with Crippen LogP contribution in [-0.2, 0) is 6.42 Å². The number of nitrogens with zero attached hydrogens (tertiary/aromatic N) is 17. The first-order valence-corrected chi connectivity index (χ1v) is 42.5. The van der Waals surface area contributed by atoms with Gasteiger partial charge in [0.15, 0.2) is 46.4 Å². The van der Waals surface area contributed by atoms with E-state index < -0.39 is 8.07 Å². The van der Waals surface area contributed by atoms with Gasteiger partial charge in [0.1, 0.15) is 46.0 Å². The molecule has 0 aliphatic carbocycles. The number of benzene rings is 1. The Morgan fingerprint density at radius 2 is 0.739 bits per heavy atom. The molecule has 115 heavy (non-hydrogen) atoms. The van der Waals surface area contributed by atoms with E-state index in [4.69, 9.17) is 11.7 Å². The fraction of sp³-hybridized carbons (Fsp3) is 0.329. The normalized spacial score (nSPS) is 17.5. The van der Waals surface area contributed by atoms with Crippen LogP contribution in [0, 0.1) is 29.6 Å². The fourth-order valence-corrected chi connectivity index (χ4v) is 16.3. The average molecular weight is 1560 g/mol. The molecular formula is C85H89N21O8Si. The van der Waals surface area contributed by atoms with Crippen molar-refractivity contribution < 1.29 is 38.4 Å². The lowest BCUT2D eigenvalue weighted by molar-refractivity contribution is 0.0962. The van der Waals surface area contributed by atoms with Gasteiger partial charge < -0.3 is 19.6 Å². The number of nitriles is 1. The lowest BCUT2D eigenvalue weighted by Crippen LogP contribution is -2.48. The summed E-state index contributed by atoms with van der Waals surface area (Å²) < 4.78 is 0. The van der Waals surface area contributed by atoms with E-state index in [0.717, 1.165) is 112 Å². The van der Waals surface area contributed by atoms with E-state index in [1.54, 1.807) is 123 Å². The van der Waals surface area contributed by atoms with Crippen molar-refractivity contribution in [1.82, 2.24) is 39.9 Å². The van der Waals surface area contributed by atoms with Crippen molar-refractivity contribution in [2.24, 2.45) is 5.92 Å². The number of carbonyl (C=O) groups is 8. The average Bonchev–Trinajstić information content (AvgIpc) is 1.67. The Morgan fingerprint density at radius 3 is 1.04 bits per heavy atom. The van der Waals surface area contributed by atoms with E-state index in [1.807, 2.05) is 85.8 Å². The van der Waals surface area contributed by atoms with E-state index in [0.29, 0.717) is 82.9 Å². The molecule has 5 atom stereocenters. The number of aromatic nitrogens is 8. The first-order valence-electron chi connectivity index (χ1n) is 38.8. The molecule has 4 saturated heterocycles. The number of nitrogens with one attached hydrogen (secondary N) is 4. The summed E-state index contributed by atoms with van der Waals surface area (Å²) in [4.78, 5) is 153. The number of pyridine rings is 8. The van der Waals surface area contributed by atoms with Gasteiger partial charge >= 0.3 is 24.1 Å². The molecule has 1 aromatic carbocycles. The zero-order valence-corrected chi connectivity index (χ0v) is 65.5. The van der Waals surface area contributed by atoms with Crippen LogP contribution in [0.1, 0.15) is 112 Å². The molecular weight excluding hydrogens is 1470 g/mol. The topological polar surface area (TPSA) is 338 Å². The van der Waals surface area contributed by atoms with E-state index in [9.17, 15) is 38.4 Å². The highest BCUT2D eigenvalue weighted by Crippen LogP contribution is 2.44. The molecule has 4 N–H and O–H groups in total. The zero-order chi connectivity index (χ0) is 80.3. The summed E-state index contributed by atoms with van der Waals surface area (Å²) in [7, 11) is -1.31. The third-order valence-corrected chi connectivity index (χ3v) is 23.0. The van der Waals surface area contributed by atoms with Crippen LogP contribution < -0.4 is 60.5 Å². The predicted molar refractivity (Wildman–Crippen MR) is 445 cm³/mol. The SMILES string of the molecule is C#C[C@@H](C)CC(=O)c1ccc2c(n1)N(C(=O)Nc1ccccn1)[C@H]1CCN2C1.C[Si](C)(C)CCC(=O)c1ccc2c(n1)N(C(=O)Nc1ccccn1)[C@H]1CCN2C1.N#CCCC(=O)c1ccc2c(n1)N(C(=O)Nc1ccccn1)[C@H]1CCN2C1.O=C(CCc1ccccc1)c1ccc2c(n1)N(C(=O)Nc1ccccn1)[C@H]1CCN2C1. The number of hydrogen-bond donors (Lipinski definition) is 4. The lowest BCUT2D eigenvalue weighted by Gasteiger charge is -2.35. The maximum Gasteiger partial charge on any atom is 0.329 e. The Balaban J connectivity index is 0.000000127. The summed E-state index contributed by atoms with van der Waals surface area (Å²) in [5.74, 6) is 6.18. The summed E-state index contributed by atoms with van der Waals surface area (Å²) in [6, 6.07) is 47.7. The minimum Gasteiger partial charge on any atom is -0.366 e. The molecule has 0 radical (unpaired) electrons. The molecule has 9 aromatic rings. The van der Waals surface area contributed by atoms with Crippen molar-refractivity contribution in [2.45, 2.75) is 121 Å². The zero-order valence-electron chi connectivity index (χ0n) is 64.5. The second-order valence-electron chi connectivity index (χ2n) is 30.4. The number of urea groups is 4. The van der Waals surface area contributed by atoms with E-state index in [2.05, 4.69) is 106 Å². The molecule has 8 aliphatic heterocycles. The number of fused-ring (bicyclic) bond motifs is 16. The van der Waals surface area contributed by atoms with Crippen LogP contribution in [0.25, 0.3) is 0 Å². The predicted octanol–water partition coefficient (Wildman–Crippen LogP) is 13.5. The van der Waals surface area contributed by atoms with Gasteiger partial charge in [-0.3, -0.25) is 60.0 Å². The van der Waals surface area contributed by atoms with Gasteiger partial charge in [-0.2, -0.15) is 5.26 Å². The number of aryl methyl sites for hydroxylation is 1. The number of carbonyl (C=O) groups excluding carboxylic acids is 8. The van der Waals surface area contributed by atoms with Crippen molar-refractivity contribution in [3.63, 3.8) is 0 Å². The van der Waals surface area contributed by atoms with Gasteiger partial charge in [0, 0.05) is 123 Å². The summed E-state index contributed by atoms with van der Waals surface area (Å²) in [5.41, 5.74) is 6.09. The van der Waals surface area contributed by atoms with E-state index in [1.165, 1.54) is 0 Å². The number of Topliss-reactive ketones (excluding diaryl/α,β-unsaturated/α-hetero) is 4. The maximum atomic E-state index is 13.1. The molecule has 16 heterocycles. The third kappa shape index (κ3) is 18.3. The quantitative estimate of drug-likeness (QED) is 0.0352. The standard InChI is InChI=1S/C24H23N5O2.C21H27N5O2Si.C21H21N5O2.C19H18N6O2/c30-21(12-9-17-6-2-1-3-7-17)19-10-11-20-23(26-19)29(18-13-15-28(20)16-18)24(31)27-22-8-4-5-14-25-22;1-29(2,3)13-10-18(27)16-7-8-17-20(23-16)26(15-9-12-25(17)14-15)21(28)24-19-6-4-5-11-22-19;1-3-14(2)12-18(27)16-7-8-17-20(23-16)26(15-9-11-25(17)13-15)21(28)24-19-6-4-5-10-22-19;20-9-3-4-16(26)14-6-7-15-18(22-14)25(13-8-11-24(15)12-13)19(27)23-17-5-1-2-10-21-17/h1-8,10-11,14,18H,9,12-13,15-16H2,(H,25,27,31);4-8,11,15H,9-10,12-14H2,1-3H3,(H,22,24,28);1,4-8,10,14-15H,9,11-13H2,2H3,(H,22,24,28);1-2,5-7,10,13H,3-4,8,11-12H2,(H,21,23,27)/t18-;15-;14-,15+;13-/m0010/s1. The Kier molecular flexibility index (Phi) is 23.9. The Bertz CT molecular complexity index is 5190. The molecule has 0 spiro atoms. The summed E-state index contributed by atoms with van der Waals surface area (Å²) >= 11 is 0. The van der Waals surface area contributed by atoms with Gasteiger partial charge in [-0.05, 0) is 135 Å². The van der Waals surface area contributed by atoms with Crippen molar-refractivity contribution >= 4 is 125 Å². The maximum absolute atomic E-state index is 13.1. The number of terminal acetylenes is 1. The van der Waals surface area contributed by atoms with Crippen molar-refractivity contribution in [3.05, 3.63) is 205 Å². The highest BCUT2D eigenvalue weighted by atomic mass is 28.3. The first-order chi connectivity index (χ1) is 55.7. The van der Waals surface area contributed by atoms with Crippen molar-refractivity contribution in [3.8, 4) is 18.4 Å². The second kappa shape index (κ2) is 35.1. The fourth-order valence-electron chi connectivity index (χ4n) is 15.3. The van der Waals surface area contributed by atoms with Crippen molar-refractivity contribution in [2.75, 3.05) is 113 Å². The lowest BCUT2D eigenvalue weighted by atomic mass is 10.0. The molecule has 30 heteroatoms. The Labute approximate surface area is 667 Å². The Hall–Kier alpha value is -13.4. The first kappa shape index (κ1) is 78.3. The molecule has 0 unspecified atom stereocenters. The highest BCUT2D eigenvalue weighted by molar-refractivity contribution is 6.76. The molecule has 586 valence electrons. The van der Waals surface area contributed by atoms with Gasteiger partial charge in [0.2, 0.25) is 0 Å². The second-order valence-corrected chi connectivity index (χ2v) is 36.1. The molecule has 4 fully saturated rings. The van der Waals surface area contributed by atoms with E-state index in [-0.39, 0.29) is 102 Å². The molecule has 0 saturated carbocycles. The summed E-state index contributed by atoms with van der Waals surface area (Å²) in [6.07, 6.45) is 17.4. The van der Waals surface area contributed by atoms with Crippen LogP contribution in [0.3, 0.4) is 0 Å². The number of amides is 8. The van der Waals surface area contributed by atoms with Gasteiger partial charge in [0.25, 0.3) is 0 Å². The summed E-state index contributed by atoms with van der Waals surface area (Å²) in [5, 5.41) is 20.1. The minimum absolute atomic E-state index is 0.00169. The molecule has 17 rings (SSSR count). The number of ketones is 4. The molecule has 29 nitrogen and oxygen atoms in total. The largest absolute Gasteiger partial charge is 0.366 e. The number of hydrogen-bond acceptors (Lipinski definition) is 21. The van der Waals surface area contributed by atoms with Crippen LogP contribution in [0.5, 0.6) is 0 Å². The highest BCUT2D eigenvalue weighted by Gasteiger charge is 2.45. The smallest absolute Gasteiger partial charge is 0.329 e. The van der Waals surface area contributed by atoms with Crippen LogP contribution in [0.4, 0.5) is 88.5 Å². The van der Waals surface area contributed by atoms with E-state index >= 15 is 0 Å². The number of anilines is 12. The van der Waals surface area contributed by atoms with Crippen LogP contribution >= 0.6 is 0 Å². The van der Waals surface area contributed by atoms with Gasteiger partial charge in [0.05, 0.1) is 53.0 Å². The Morgan fingerprint density at radius 1 is 0.426 bits per heavy atom. The van der Waals surface area contributed by atoms with Crippen LogP contribution in [0.15, 0.2) is 176 Å².